The van der Waals surface area contributed by atoms with Gasteiger partial charge in [0.05, 0.1) is 10.7 Å². The normalized spacial score (nSPS) is 9.29. The van der Waals surface area contributed by atoms with Gasteiger partial charge in [-0.05, 0) is 18.9 Å². The van der Waals surface area contributed by atoms with Crippen molar-refractivity contribution in [3.05, 3.63) is 33.6 Å². The molecule has 6 heteroatoms. The summed E-state index contributed by atoms with van der Waals surface area (Å²) in [4.78, 5) is 24.7. The lowest BCUT2D eigenvalue weighted by Crippen LogP contribution is -1.95. The third-order valence-corrected chi connectivity index (χ3v) is 2.51. The van der Waals surface area contributed by atoms with Gasteiger partial charge in [-0.1, -0.05) is 17.7 Å². The first-order valence-electron chi connectivity index (χ1n) is 4.75. The Morgan fingerprint density at radius 2 is 2.29 bits per heavy atom. The Labute approximate surface area is 103 Å². The van der Waals surface area contributed by atoms with Crippen LogP contribution >= 0.6 is 11.8 Å². The SMILES string of the molecule is CC(=O)SCC#Cc1ccc([N+](=O)[O-])c(C)n1. The fraction of sp³-hybridized carbons (Fsp3) is 0.273. The maximum Gasteiger partial charge on any atom is 0.290 e. The molecule has 1 aromatic rings. The first-order chi connectivity index (χ1) is 8.00. The summed E-state index contributed by atoms with van der Waals surface area (Å²) in [6.07, 6.45) is 0. The second-order valence-corrected chi connectivity index (χ2v) is 4.29. The third kappa shape index (κ3) is 4.25. The lowest BCUT2D eigenvalue weighted by molar-refractivity contribution is -0.385. The summed E-state index contributed by atoms with van der Waals surface area (Å²) in [5.41, 5.74) is 0.784. The molecule has 0 aliphatic heterocycles. The number of carbonyl (C=O) groups excluding carboxylic acids is 1. The van der Waals surface area contributed by atoms with Crippen LogP contribution in [-0.4, -0.2) is 20.8 Å². The van der Waals surface area contributed by atoms with E-state index in [1.54, 1.807) is 6.92 Å². The van der Waals surface area contributed by atoms with Crippen LogP contribution in [0.3, 0.4) is 0 Å². The minimum Gasteiger partial charge on any atom is -0.288 e. The van der Waals surface area contributed by atoms with Gasteiger partial charge in [-0.15, -0.1) is 0 Å². The van der Waals surface area contributed by atoms with Crippen molar-refractivity contribution in [2.24, 2.45) is 0 Å². The Morgan fingerprint density at radius 3 is 2.82 bits per heavy atom. The predicted molar refractivity (Wildman–Crippen MR) is 65.6 cm³/mol. The standard InChI is InChI=1S/C11H10N2O3S/c1-8-11(13(15)16)6-5-10(12-8)4-3-7-17-9(2)14/h5-6H,7H2,1-2H3. The van der Waals surface area contributed by atoms with Crippen LogP contribution in [0.2, 0.25) is 0 Å². The zero-order chi connectivity index (χ0) is 12.8. The number of aryl methyl sites for hydroxylation is 1. The summed E-state index contributed by atoms with van der Waals surface area (Å²) >= 11 is 1.11. The van der Waals surface area contributed by atoms with Crippen molar-refractivity contribution in [1.82, 2.24) is 4.98 Å². The van der Waals surface area contributed by atoms with E-state index in [2.05, 4.69) is 16.8 Å². The molecule has 17 heavy (non-hydrogen) atoms. The van der Waals surface area contributed by atoms with Gasteiger partial charge in [-0.2, -0.15) is 0 Å². The van der Waals surface area contributed by atoms with E-state index in [0.717, 1.165) is 11.8 Å². The van der Waals surface area contributed by atoms with E-state index in [9.17, 15) is 14.9 Å². The van der Waals surface area contributed by atoms with Crippen molar-refractivity contribution < 1.29 is 9.72 Å². The first-order valence-corrected chi connectivity index (χ1v) is 5.73. The van der Waals surface area contributed by atoms with Gasteiger partial charge in [0.1, 0.15) is 11.4 Å². The van der Waals surface area contributed by atoms with Crippen LogP contribution in [0.25, 0.3) is 0 Å². The van der Waals surface area contributed by atoms with E-state index in [-0.39, 0.29) is 10.8 Å². The summed E-state index contributed by atoms with van der Waals surface area (Å²) in [7, 11) is 0. The number of hydrogen-bond donors (Lipinski definition) is 0. The molecule has 0 bridgehead atoms. The van der Waals surface area contributed by atoms with Crippen molar-refractivity contribution in [1.29, 1.82) is 0 Å². The molecule has 5 nitrogen and oxygen atoms in total. The molecule has 0 aromatic carbocycles. The van der Waals surface area contributed by atoms with Crippen LogP contribution in [0.15, 0.2) is 12.1 Å². The number of aromatic nitrogens is 1. The molecule has 0 atom stereocenters. The van der Waals surface area contributed by atoms with Gasteiger partial charge >= 0.3 is 0 Å². The lowest BCUT2D eigenvalue weighted by Gasteiger charge is -1.96. The van der Waals surface area contributed by atoms with Gasteiger partial charge in [0.15, 0.2) is 5.12 Å². The van der Waals surface area contributed by atoms with Gasteiger partial charge < -0.3 is 0 Å². The van der Waals surface area contributed by atoms with Crippen molar-refractivity contribution in [3.8, 4) is 11.8 Å². The summed E-state index contributed by atoms with van der Waals surface area (Å²) in [5, 5.41) is 10.6. The molecule has 88 valence electrons. The Hall–Kier alpha value is -1.87. The van der Waals surface area contributed by atoms with Crippen LogP contribution in [0.1, 0.15) is 18.3 Å². The molecule has 1 heterocycles. The fourth-order valence-electron chi connectivity index (χ4n) is 1.08. The number of pyridine rings is 1. The molecule has 0 unspecified atom stereocenters. The molecule has 0 spiro atoms. The third-order valence-electron chi connectivity index (χ3n) is 1.82. The average Bonchev–Trinajstić information content (AvgIpc) is 2.23. The number of nitrogens with zero attached hydrogens (tertiary/aromatic N) is 2. The second-order valence-electron chi connectivity index (χ2n) is 3.14. The number of thioether (sulfide) groups is 1. The van der Waals surface area contributed by atoms with Crippen LogP contribution < -0.4 is 0 Å². The van der Waals surface area contributed by atoms with Crippen LogP contribution in [-0.2, 0) is 4.79 Å². The molecular weight excluding hydrogens is 240 g/mol. The monoisotopic (exact) mass is 250 g/mol. The maximum absolute atomic E-state index is 10.6. The molecule has 1 rings (SSSR count). The van der Waals surface area contributed by atoms with Gasteiger partial charge in [0.25, 0.3) is 5.69 Å². The Balaban J connectivity index is 2.77. The summed E-state index contributed by atoms with van der Waals surface area (Å²) < 4.78 is 0. The minimum absolute atomic E-state index is 0.00661. The highest BCUT2D eigenvalue weighted by molar-refractivity contribution is 8.13. The zero-order valence-corrected chi connectivity index (χ0v) is 10.2. The predicted octanol–water partition coefficient (Wildman–Crippen LogP) is 1.93. The molecule has 0 amide bonds. The van der Waals surface area contributed by atoms with Gasteiger partial charge in [0, 0.05) is 13.0 Å². The van der Waals surface area contributed by atoms with E-state index in [0.29, 0.717) is 17.1 Å². The number of nitro groups is 1. The molecule has 0 N–H and O–H groups in total. The Kier molecular flexibility index (Phi) is 4.67. The quantitative estimate of drug-likeness (QED) is 0.455. The topological polar surface area (TPSA) is 73.1 Å². The highest BCUT2D eigenvalue weighted by Gasteiger charge is 2.10. The van der Waals surface area contributed by atoms with Crippen LogP contribution in [0.4, 0.5) is 5.69 Å². The van der Waals surface area contributed by atoms with Gasteiger partial charge in [-0.25, -0.2) is 4.98 Å². The fourth-order valence-corrected chi connectivity index (χ4v) is 1.43. The van der Waals surface area contributed by atoms with E-state index in [4.69, 9.17) is 0 Å². The molecule has 0 aliphatic carbocycles. The van der Waals surface area contributed by atoms with Crippen LogP contribution in [0.5, 0.6) is 0 Å². The van der Waals surface area contributed by atoms with E-state index >= 15 is 0 Å². The molecule has 0 radical (unpaired) electrons. The highest BCUT2D eigenvalue weighted by atomic mass is 32.2. The van der Waals surface area contributed by atoms with E-state index < -0.39 is 4.92 Å². The summed E-state index contributed by atoms with van der Waals surface area (Å²) in [6, 6.07) is 2.88. The van der Waals surface area contributed by atoms with Crippen LogP contribution in [0, 0.1) is 28.9 Å². The summed E-state index contributed by atoms with van der Waals surface area (Å²) in [5.74, 6) is 5.91. The molecule has 0 saturated carbocycles. The smallest absolute Gasteiger partial charge is 0.288 e. The second kappa shape index (κ2) is 6.01. The van der Waals surface area contributed by atoms with E-state index in [1.165, 1.54) is 19.1 Å². The summed E-state index contributed by atoms with van der Waals surface area (Å²) in [6.45, 7) is 3.04. The van der Waals surface area contributed by atoms with Crippen molar-refractivity contribution in [2.45, 2.75) is 13.8 Å². The molecule has 1 aromatic heterocycles. The van der Waals surface area contributed by atoms with Crippen molar-refractivity contribution in [2.75, 3.05) is 5.75 Å². The average molecular weight is 250 g/mol. The van der Waals surface area contributed by atoms with Crippen molar-refractivity contribution >= 4 is 22.6 Å². The number of hydrogen-bond acceptors (Lipinski definition) is 5. The van der Waals surface area contributed by atoms with Crippen molar-refractivity contribution in [3.63, 3.8) is 0 Å². The highest BCUT2D eigenvalue weighted by Crippen LogP contribution is 2.14. The Bertz CT molecular complexity index is 517. The zero-order valence-electron chi connectivity index (χ0n) is 9.39. The molecule has 0 saturated heterocycles. The van der Waals surface area contributed by atoms with Gasteiger partial charge in [0.2, 0.25) is 0 Å². The van der Waals surface area contributed by atoms with Gasteiger partial charge in [-0.3, -0.25) is 14.9 Å². The first kappa shape index (κ1) is 13.2. The lowest BCUT2D eigenvalue weighted by atomic mass is 10.3. The number of carbonyl (C=O) groups is 1. The van der Waals surface area contributed by atoms with E-state index in [1.807, 2.05) is 0 Å². The molecule has 0 aliphatic rings. The Morgan fingerprint density at radius 1 is 1.59 bits per heavy atom. The molecular formula is C11H10N2O3S. The molecule has 0 fully saturated rings. The number of rotatable bonds is 2. The largest absolute Gasteiger partial charge is 0.290 e. The maximum atomic E-state index is 10.6. The minimum atomic E-state index is -0.481.